The Kier molecular flexibility index (Phi) is 6.46. The smallest absolute Gasteiger partial charge is 0.310 e. The maximum atomic E-state index is 12.3. The Morgan fingerprint density at radius 2 is 1.95 bits per heavy atom. The summed E-state index contributed by atoms with van der Waals surface area (Å²) in [4.78, 5) is 25.3. The molecule has 1 rings (SSSR count). The van der Waals surface area contributed by atoms with Gasteiger partial charge in [-0.3, -0.25) is 9.59 Å². The van der Waals surface area contributed by atoms with Crippen molar-refractivity contribution < 1.29 is 19.4 Å². The Bertz CT molecular complexity index is 333. The van der Waals surface area contributed by atoms with Crippen LogP contribution in [-0.4, -0.2) is 48.2 Å². The summed E-state index contributed by atoms with van der Waals surface area (Å²) in [6, 6.07) is 0. The first-order valence-electron chi connectivity index (χ1n) is 7.54. The fourth-order valence-corrected chi connectivity index (χ4v) is 2.66. The second kappa shape index (κ2) is 7.62. The molecule has 1 aliphatic rings. The Morgan fingerprint density at radius 3 is 2.40 bits per heavy atom. The van der Waals surface area contributed by atoms with Crippen LogP contribution in [0.3, 0.4) is 0 Å². The number of amides is 1. The lowest BCUT2D eigenvalue weighted by atomic mass is 9.79. The van der Waals surface area contributed by atoms with Crippen LogP contribution in [-0.2, 0) is 14.3 Å². The molecule has 0 aliphatic carbocycles. The molecule has 1 N–H and O–H groups in total. The number of carbonyl (C=O) groups excluding carboxylic acids is 1. The highest BCUT2D eigenvalue weighted by Gasteiger charge is 2.38. The first-order valence-corrected chi connectivity index (χ1v) is 7.54. The molecule has 5 nitrogen and oxygen atoms in total. The Hall–Kier alpha value is -1.10. The highest BCUT2D eigenvalue weighted by atomic mass is 16.5. The Morgan fingerprint density at radius 1 is 1.30 bits per heavy atom. The van der Waals surface area contributed by atoms with Gasteiger partial charge in [0.25, 0.3) is 0 Å². The molecule has 0 radical (unpaired) electrons. The number of carbonyl (C=O) groups is 2. The lowest BCUT2D eigenvalue weighted by molar-refractivity contribution is -0.154. The van der Waals surface area contributed by atoms with Crippen molar-refractivity contribution in [3.63, 3.8) is 0 Å². The molecular formula is C15H27NO4. The molecule has 20 heavy (non-hydrogen) atoms. The molecule has 5 heteroatoms. The Labute approximate surface area is 121 Å². The van der Waals surface area contributed by atoms with Crippen LogP contribution in [0.2, 0.25) is 0 Å². The number of nitrogens with zero attached hydrogens (tertiary/aromatic N) is 1. The number of aliphatic carboxylic acids is 1. The van der Waals surface area contributed by atoms with Crippen molar-refractivity contribution in [1.29, 1.82) is 0 Å². The van der Waals surface area contributed by atoms with Gasteiger partial charge in [0.1, 0.15) is 0 Å². The van der Waals surface area contributed by atoms with E-state index in [1.807, 2.05) is 13.8 Å². The van der Waals surface area contributed by atoms with Crippen LogP contribution in [0.1, 0.15) is 52.4 Å². The molecule has 0 bridgehead atoms. The molecule has 1 heterocycles. The van der Waals surface area contributed by atoms with E-state index >= 15 is 0 Å². The van der Waals surface area contributed by atoms with E-state index in [9.17, 15) is 14.7 Å². The molecule has 1 unspecified atom stereocenters. The van der Waals surface area contributed by atoms with Crippen molar-refractivity contribution >= 4 is 11.9 Å². The summed E-state index contributed by atoms with van der Waals surface area (Å²) in [6.07, 6.45) is 4.30. The van der Waals surface area contributed by atoms with Crippen LogP contribution in [0.15, 0.2) is 0 Å². The van der Waals surface area contributed by atoms with Crippen molar-refractivity contribution in [2.24, 2.45) is 5.41 Å². The van der Waals surface area contributed by atoms with E-state index in [1.54, 1.807) is 11.9 Å². The third kappa shape index (κ3) is 4.20. The van der Waals surface area contributed by atoms with Gasteiger partial charge in [-0.15, -0.1) is 0 Å². The minimum Gasteiger partial charge on any atom is -0.481 e. The maximum Gasteiger partial charge on any atom is 0.310 e. The summed E-state index contributed by atoms with van der Waals surface area (Å²) in [6.45, 7) is 4.97. The van der Waals surface area contributed by atoms with Crippen molar-refractivity contribution in [3.8, 4) is 0 Å². The van der Waals surface area contributed by atoms with Crippen molar-refractivity contribution in [3.05, 3.63) is 0 Å². The van der Waals surface area contributed by atoms with E-state index in [2.05, 4.69) is 0 Å². The van der Waals surface area contributed by atoms with E-state index in [0.29, 0.717) is 19.4 Å². The van der Waals surface area contributed by atoms with Gasteiger partial charge in [0, 0.05) is 26.6 Å². The topological polar surface area (TPSA) is 66.8 Å². The maximum absolute atomic E-state index is 12.3. The third-order valence-electron chi connectivity index (χ3n) is 4.47. The third-order valence-corrected chi connectivity index (χ3v) is 4.47. The van der Waals surface area contributed by atoms with Crippen LogP contribution in [0.25, 0.3) is 0 Å². The molecule has 0 aromatic rings. The number of hydrogen-bond donors (Lipinski definition) is 1. The second-order valence-electron chi connectivity index (χ2n) is 5.73. The van der Waals surface area contributed by atoms with Gasteiger partial charge in [-0.2, -0.15) is 0 Å². The van der Waals surface area contributed by atoms with Crippen LogP contribution in [0.4, 0.5) is 0 Å². The number of likely N-dealkylation sites (N-methyl/N-ethyl adjacent to an activating group) is 1. The number of carboxylic acid groups (broad SMARTS) is 1. The highest BCUT2D eigenvalue weighted by molar-refractivity contribution is 5.84. The van der Waals surface area contributed by atoms with Gasteiger partial charge in [-0.25, -0.2) is 0 Å². The van der Waals surface area contributed by atoms with E-state index in [1.165, 1.54) is 0 Å². The summed E-state index contributed by atoms with van der Waals surface area (Å²) >= 11 is 0. The first-order chi connectivity index (χ1) is 9.45. The van der Waals surface area contributed by atoms with Gasteiger partial charge in [0.05, 0.1) is 11.5 Å². The summed E-state index contributed by atoms with van der Waals surface area (Å²) < 4.78 is 5.62. The average molecular weight is 285 g/mol. The van der Waals surface area contributed by atoms with Gasteiger partial charge in [0.15, 0.2) is 0 Å². The molecule has 1 fully saturated rings. The van der Waals surface area contributed by atoms with Crippen LogP contribution < -0.4 is 0 Å². The predicted molar refractivity (Wildman–Crippen MR) is 76.5 cm³/mol. The van der Waals surface area contributed by atoms with Gasteiger partial charge < -0.3 is 14.7 Å². The van der Waals surface area contributed by atoms with Crippen molar-refractivity contribution in [2.75, 3.05) is 20.2 Å². The first kappa shape index (κ1) is 17.0. The van der Waals surface area contributed by atoms with Crippen LogP contribution in [0.5, 0.6) is 0 Å². The highest BCUT2D eigenvalue weighted by Crippen LogP contribution is 2.31. The molecule has 1 atom stereocenters. The fourth-order valence-electron chi connectivity index (χ4n) is 2.66. The molecule has 1 amide bonds. The summed E-state index contributed by atoms with van der Waals surface area (Å²) in [5, 5.41) is 9.38. The lowest BCUT2D eigenvalue weighted by Gasteiger charge is -2.31. The van der Waals surface area contributed by atoms with E-state index < -0.39 is 11.4 Å². The number of hydrogen-bond acceptors (Lipinski definition) is 3. The van der Waals surface area contributed by atoms with Crippen molar-refractivity contribution in [1.82, 2.24) is 4.90 Å². The van der Waals surface area contributed by atoms with Crippen LogP contribution in [0, 0.1) is 5.41 Å². The molecule has 1 saturated heterocycles. The van der Waals surface area contributed by atoms with Gasteiger partial charge in [-0.1, -0.05) is 13.8 Å². The van der Waals surface area contributed by atoms with Crippen molar-refractivity contribution in [2.45, 2.75) is 58.5 Å². The van der Waals surface area contributed by atoms with Gasteiger partial charge in [0.2, 0.25) is 5.91 Å². The zero-order valence-corrected chi connectivity index (χ0v) is 12.9. The standard InChI is InChI=1S/C15H27NO4/c1-4-15(5-2,14(18)19)10-13(17)16(3)11-12-8-6-7-9-20-12/h12H,4-11H2,1-3H3,(H,18,19). The fraction of sp³-hybridized carbons (Fsp3) is 0.867. The summed E-state index contributed by atoms with van der Waals surface area (Å²) in [7, 11) is 1.73. The van der Waals surface area contributed by atoms with Crippen LogP contribution >= 0.6 is 0 Å². The zero-order chi connectivity index (χ0) is 15.2. The van der Waals surface area contributed by atoms with E-state index in [0.717, 1.165) is 25.9 Å². The molecule has 0 aromatic carbocycles. The zero-order valence-electron chi connectivity index (χ0n) is 12.9. The minimum absolute atomic E-state index is 0.0680. The van der Waals surface area contributed by atoms with Gasteiger partial charge >= 0.3 is 5.97 Å². The molecule has 116 valence electrons. The van der Waals surface area contributed by atoms with Gasteiger partial charge in [-0.05, 0) is 32.1 Å². The monoisotopic (exact) mass is 285 g/mol. The summed E-state index contributed by atoms with van der Waals surface area (Å²) in [5.41, 5.74) is -0.932. The normalized spacial score (nSPS) is 19.6. The molecular weight excluding hydrogens is 258 g/mol. The minimum atomic E-state index is -0.932. The SMILES string of the molecule is CCC(CC)(CC(=O)N(C)CC1CCCCO1)C(=O)O. The molecule has 0 aromatic heterocycles. The second-order valence-corrected chi connectivity index (χ2v) is 5.73. The average Bonchev–Trinajstić information content (AvgIpc) is 2.45. The largest absolute Gasteiger partial charge is 0.481 e. The quantitative estimate of drug-likeness (QED) is 0.779. The van der Waals surface area contributed by atoms with E-state index in [-0.39, 0.29) is 18.4 Å². The number of ether oxygens (including phenoxy) is 1. The lowest BCUT2D eigenvalue weighted by Crippen LogP contribution is -2.41. The Balaban J connectivity index is 2.57. The summed E-state index contributed by atoms with van der Waals surface area (Å²) in [5.74, 6) is -0.983. The predicted octanol–water partition coefficient (Wildman–Crippen LogP) is 2.29. The number of carboxylic acids is 1. The molecule has 0 spiro atoms. The number of rotatable bonds is 7. The van der Waals surface area contributed by atoms with E-state index in [4.69, 9.17) is 4.74 Å². The molecule has 1 aliphatic heterocycles. The molecule has 0 saturated carbocycles.